The first kappa shape index (κ1) is 19.2. The number of para-hydroxylation sites is 2. The Morgan fingerprint density at radius 1 is 0.885 bits per heavy atom. The average molecular weight is 377 g/mol. The van der Waals surface area contributed by atoms with Crippen LogP contribution in [0.25, 0.3) is 0 Å². The summed E-state index contributed by atoms with van der Waals surface area (Å²) in [4.78, 5) is 4.37. The summed E-state index contributed by atoms with van der Waals surface area (Å²) >= 11 is 1.71. The quantitative estimate of drug-likeness (QED) is 0.442. The molecule has 2 aromatic carbocycles. The minimum Gasteiger partial charge on any atom is -0.390 e. The number of fused-ring (bicyclic) bond motifs is 2. The third-order valence-corrected chi connectivity index (χ3v) is 5.82. The Morgan fingerprint density at radius 2 is 1.38 bits per heavy atom. The number of quaternary nitrogens is 1. The molecule has 3 rings (SSSR count). The standard InChI is InChI=1S/C19H24N2O4S/c22-11-19(12-23,13-24)20-9-14(25)10-21-15-5-1-3-7-17(15)26-18-8-4-2-6-16(18)21/h1-8,14,20,22-25H,9-13H2/p+1. The predicted octanol–water partition coefficient (Wildman–Crippen LogP) is -0.0707. The maximum Gasteiger partial charge on any atom is 0.166 e. The number of rotatable bonds is 8. The predicted molar refractivity (Wildman–Crippen MR) is 101 cm³/mol. The molecule has 0 saturated heterocycles. The molecule has 0 fully saturated rings. The minimum atomic E-state index is -1.07. The van der Waals surface area contributed by atoms with E-state index in [9.17, 15) is 20.4 Å². The number of hydrogen-bond acceptors (Lipinski definition) is 6. The van der Waals surface area contributed by atoms with Crippen molar-refractivity contribution in [2.75, 3.05) is 37.8 Å². The van der Waals surface area contributed by atoms with Crippen LogP contribution >= 0.6 is 11.8 Å². The fourth-order valence-corrected chi connectivity index (χ4v) is 4.09. The Bertz CT molecular complexity index is 685. The molecule has 2 aromatic rings. The third kappa shape index (κ3) is 3.88. The molecule has 1 atom stereocenters. The van der Waals surface area contributed by atoms with Gasteiger partial charge in [0, 0.05) is 9.79 Å². The van der Waals surface area contributed by atoms with Crippen molar-refractivity contribution in [1.29, 1.82) is 0 Å². The lowest BCUT2D eigenvalue weighted by molar-refractivity contribution is -0.737. The van der Waals surface area contributed by atoms with Crippen molar-refractivity contribution < 1.29 is 25.7 Å². The van der Waals surface area contributed by atoms with Crippen molar-refractivity contribution in [2.24, 2.45) is 0 Å². The van der Waals surface area contributed by atoms with Crippen LogP contribution in [0.1, 0.15) is 0 Å². The summed E-state index contributed by atoms with van der Waals surface area (Å²) in [5, 5.41) is 40.5. The van der Waals surface area contributed by atoms with Crippen LogP contribution in [0.3, 0.4) is 0 Å². The monoisotopic (exact) mass is 377 g/mol. The van der Waals surface area contributed by atoms with Gasteiger partial charge < -0.3 is 30.6 Å². The van der Waals surface area contributed by atoms with E-state index in [-0.39, 0.29) is 26.4 Å². The molecule has 0 aliphatic carbocycles. The Labute approximate surface area is 157 Å². The highest BCUT2D eigenvalue weighted by molar-refractivity contribution is 7.99. The third-order valence-electron chi connectivity index (χ3n) is 4.69. The van der Waals surface area contributed by atoms with E-state index >= 15 is 0 Å². The molecule has 6 N–H and O–H groups in total. The fraction of sp³-hybridized carbons (Fsp3) is 0.368. The molecule has 140 valence electrons. The summed E-state index contributed by atoms with van der Waals surface area (Å²) in [6.07, 6.45) is -0.705. The summed E-state index contributed by atoms with van der Waals surface area (Å²) in [6, 6.07) is 16.2. The largest absolute Gasteiger partial charge is 0.390 e. The second-order valence-electron chi connectivity index (χ2n) is 6.58. The molecule has 0 amide bonds. The van der Waals surface area contributed by atoms with Gasteiger partial charge in [-0.25, -0.2) is 0 Å². The lowest BCUT2D eigenvalue weighted by Gasteiger charge is -2.34. The summed E-state index contributed by atoms with van der Waals surface area (Å²) in [7, 11) is 0. The number of aliphatic hydroxyl groups excluding tert-OH is 4. The van der Waals surface area contributed by atoms with Gasteiger partial charge in [-0.2, -0.15) is 0 Å². The Balaban J connectivity index is 1.77. The fourth-order valence-electron chi connectivity index (χ4n) is 2.99. The van der Waals surface area contributed by atoms with E-state index in [1.807, 2.05) is 36.4 Å². The van der Waals surface area contributed by atoms with Crippen LogP contribution in [0.4, 0.5) is 11.4 Å². The van der Waals surface area contributed by atoms with Crippen molar-refractivity contribution >= 4 is 23.1 Å². The van der Waals surface area contributed by atoms with Gasteiger partial charge in [-0.3, -0.25) is 0 Å². The maximum absolute atomic E-state index is 10.6. The van der Waals surface area contributed by atoms with Crippen LogP contribution in [-0.4, -0.2) is 65.0 Å². The number of benzene rings is 2. The van der Waals surface area contributed by atoms with E-state index in [0.29, 0.717) is 6.54 Å². The molecule has 1 heterocycles. The van der Waals surface area contributed by atoms with Gasteiger partial charge in [-0.1, -0.05) is 36.0 Å². The van der Waals surface area contributed by atoms with E-state index in [0.717, 1.165) is 21.2 Å². The summed E-state index contributed by atoms with van der Waals surface area (Å²) in [6.45, 7) is -0.449. The first-order valence-corrected chi connectivity index (χ1v) is 9.42. The Kier molecular flexibility index (Phi) is 6.18. The van der Waals surface area contributed by atoms with Gasteiger partial charge in [-0.15, -0.1) is 0 Å². The summed E-state index contributed by atoms with van der Waals surface area (Å²) in [5.41, 5.74) is 1.02. The number of anilines is 2. The average Bonchev–Trinajstić information content (AvgIpc) is 2.69. The Hall–Kier alpha value is -1.61. The molecular formula is C19H25N2O4S+. The van der Waals surface area contributed by atoms with Crippen LogP contribution in [0.5, 0.6) is 0 Å². The zero-order valence-corrected chi connectivity index (χ0v) is 15.3. The van der Waals surface area contributed by atoms with Crippen LogP contribution in [-0.2, 0) is 0 Å². The second-order valence-corrected chi connectivity index (χ2v) is 7.66. The van der Waals surface area contributed by atoms with E-state index in [1.54, 1.807) is 17.1 Å². The van der Waals surface area contributed by atoms with E-state index in [4.69, 9.17) is 0 Å². The van der Waals surface area contributed by atoms with Crippen molar-refractivity contribution in [3.8, 4) is 0 Å². The highest BCUT2D eigenvalue weighted by atomic mass is 32.2. The van der Waals surface area contributed by atoms with Crippen LogP contribution in [0.15, 0.2) is 58.3 Å². The van der Waals surface area contributed by atoms with Gasteiger partial charge in [0.05, 0.1) is 17.9 Å². The molecule has 6 nitrogen and oxygen atoms in total. The molecule has 0 aromatic heterocycles. The highest BCUT2D eigenvalue weighted by Gasteiger charge is 2.33. The number of nitrogens with zero attached hydrogens (tertiary/aromatic N) is 1. The molecule has 0 saturated carbocycles. The first-order chi connectivity index (χ1) is 12.6. The van der Waals surface area contributed by atoms with Crippen molar-refractivity contribution in [3.05, 3.63) is 48.5 Å². The minimum absolute atomic E-state index is 0.260. The van der Waals surface area contributed by atoms with Gasteiger partial charge in [0.1, 0.15) is 32.5 Å². The molecule has 1 unspecified atom stereocenters. The summed E-state index contributed by atoms with van der Waals surface area (Å²) in [5.74, 6) is 0. The molecular weight excluding hydrogens is 352 g/mol. The molecule has 0 spiro atoms. The van der Waals surface area contributed by atoms with E-state index < -0.39 is 11.6 Å². The van der Waals surface area contributed by atoms with Gasteiger partial charge in [-0.05, 0) is 24.3 Å². The smallest absolute Gasteiger partial charge is 0.166 e. The molecule has 1 aliphatic heterocycles. The van der Waals surface area contributed by atoms with Crippen LogP contribution in [0.2, 0.25) is 0 Å². The van der Waals surface area contributed by atoms with Gasteiger partial charge in [0.2, 0.25) is 0 Å². The Morgan fingerprint density at radius 3 is 1.88 bits per heavy atom. The lowest BCUT2D eigenvalue weighted by Crippen LogP contribution is -3.01. The van der Waals surface area contributed by atoms with Gasteiger partial charge in [0.25, 0.3) is 0 Å². The molecule has 26 heavy (non-hydrogen) atoms. The van der Waals surface area contributed by atoms with Crippen molar-refractivity contribution in [1.82, 2.24) is 0 Å². The molecule has 0 radical (unpaired) electrons. The van der Waals surface area contributed by atoms with Crippen molar-refractivity contribution in [3.63, 3.8) is 0 Å². The van der Waals surface area contributed by atoms with Crippen molar-refractivity contribution in [2.45, 2.75) is 21.4 Å². The normalized spacial score (nSPS) is 14.7. The van der Waals surface area contributed by atoms with Crippen LogP contribution < -0.4 is 10.2 Å². The number of nitrogens with two attached hydrogens (primary N) is 1. The first-order valence-electron chi connectivity index (χ1n) is 8.61. The zero-order chi connectivity index (χ0) is 18.6. The van der Waals surface area contributed by atoms with Gasteiger partial charge >= 0.3 is 0 Å². The molecule has 1 aliphatic rings. The second kappa shape index (κ2) is 8.39. The SMILES string of the molecule is OCC(CO)(CO)[NH2+]CC(O)CN1c2ccccc2Sc2ccccc21. The number of hydrogen-bond donors (Lipinski definition) is 5. The van der Waals surface area contributed by atoms with E-state index in [1.165, 1.54) is 0 Å². The maximum atomic E-state index is 10.6. The van der Waals surface area contributed by atoms with Crippen LogP contribution in [0, 0.1) is 0 Å². The zero-order valence-electron chi connectivity index (χ0n) is 14.5. The molecule has 7 heteroatoms. The highest BCUT2D eigenvalue weighted by Crippen LogP contribution is 2.47. The number of aliphatic hydroxyl groups is 4. The lowest BCUT2D eigenvalue weighted by atomic mass is 10.0. The van der Waals surface area contributed by atoms with Gasteiger partial charge in [0.15, 0.2) is 5.54 Å². The topological polar surface area (TPSA) is 101 Å². The number of β-amino-alcohol motifs (C(OH)–C–C–N with tert-alkyl or cyclic N) is 1. The summed E-state index contributed by atoms with van der Waals surface area (Å²) < 4.78 is 0. The van der Waals surface area contributed by atoms with E-state index in [2.05, 4.69) is 17.0 Å². The molecule has 0 bridgehead atoms.